The van der Waals surface area contributed by atoms with Gasteiger partial charge in [-0.15, -0.1) is 23.7 Å². The highest BCUT2D eigenvalue weighted by Crippen LogP contribution is 2.27. The Morgan fingerprint density at radius 3 is 2.71 bits per heavy atom. The van der Waals surface area contributed by atoms with Crippen molar-refractivity contribution >= 4 is 34.8 Å². The SMILES string of the molecule is COC1(C(=O)Nc2ncc(Cc3ccccc3)s2)CCNCC1.Cl. The molecule has 0 radical (unpaired) electrons. The van der Waals surface area contributed by atoms with Crippen molar-refractivity contribution in [2.24, 2.45) is 0 Å². The van der Waals surface area contributed by atoms with Crippen LogP contribution in [0.1, 0.15) is 23.3 Å². The molecule has 1 aromatic heterocycles. The van der Waals surface area contributed by atoms with Gasteiger partial charge in [-0.2, -0.15) is 0 Å². The fourth-order valence-corrected chi connectivity index (χ4v) is 3.65. The second-order valence-corrected chi connectivity index (χ2v) is 6.81. The van der Waals surface area contributed by atoms with Crippen LogP contribution in [0.25, 0.3) is 0 Å². The minimum Gasteiger partial charge on any atom is -0.368 e. The number of piperidine rings is 1. The van der Waals surface area contributed by atoms with Gasteiger partial charge in [-0.3, -0.25) is 10.1 Å². The second kappa shape index (κ2) is 8.58. The monoisotopic (exact) mass is 367 g/mol. The summed E-state index contributed by atoms with van der Waals surface area (Å²) >= 11 is 1.51. The lowest BCUT2D eigenvalue weighted by Crippen LogP contribution is -2.51. The summed E-state index contributed by atoms with van der Waals surface area (Å²) in [6.45, 7) is 1.58. The third kappa shape index (κ3) is 4.33. The molecule has 1 aliphatic heterocycles. The highest BCUT2D eigenvalue weighted by atomic mass is 35.5. The summed E-state index contributed by atoms with van der Waals surface area (Å²) in [5, 5.41) is 6.81. The van der Waals surface area contributed by atoms with E-state index in [0.29, 0.717) is 18.0 Å². The zero-order valence-electron chi connectivity index (χ0n) is 13.6. The van der Waals surface area contributed by atoms with E-state index < -0.39 is 5.60 Å². The van der Waals surface area contributed by atoms with Gasteiger partial charge in [0, 0.05) is 24.6 Å². The Bertz CT molecular complexity index is 657. The van der Waals surface area contributed by atoms with Crippen LogP contribution in [0.3, 0.4) is 0 Å². The molecule has 0 saturated carbocycles. The third-order valence-electron chi connectivity index (χ3n) is 4.21. The predicted molar refractivity (Wildman–Crippen MR) is 99.1 cm³/mol. The standard InChI is InChI=1S/C17H21N3O2S.ClH/c1-22-17(7-9-18-10-8-17)15(21)20-16-19-12-14(23-16)11-13-5-3-2-4-6-13;/h2-6,12,18H,7-11H2,1H3,(H,19,20,21);1H. The van der Waals surface area contributed by atoms with Crippen molar-refractivity contribution in [2.45, 2.75) is 24.9 Å². The second-order valence-electron chi connectivity index (χ2n) is 5.70. The lowest BCUT2D eigenvalue weighted by molar-refractivity contribution is -0.140. The van der Waals surface area contributed by atoms with E-state index >= 15 is 0 Å². The van der Waals surface area contributed by atoms with Crippen molar-refractivity contribution in [1.29, 1.82) is 0 Å². The molecule has 1 fully saturated rings. The molecule has 1 amide bonds. The molecule has 2 N–H and O–H groups in total. The Morgan fingerprint density at radius 2 is 2.04 bits per heavy atom. The number of nitrogens with zero attached hydrogens (tertiary/aromatic N) is 1. The summed E-state index contributed by atoms with van der Waals surface area (Å²) in [6, 6.07) is 10.2. The molecule has 0 spiro atoms. The molecule has 3 rings (SSSR count). The number of ether oxygens (including phenoxy) is 1. The number of carbonyl (C=O) groups is 1. The highest BCUT2D eigenvalue weighted by molar-refractivity contribution is 7.15. The first-order chi connectivity index (χ1) is 11.2. The molecule has 130 valence electrons. The molecule has 0 unspecified atom stereocenters. The Labute approximate surface area is 152 Å². The quantitative estimate of drug-likeness (QED) is 0.853. The average molecular weight is 368 g/mol. The average Bonchev–Trinajstić information content (AvgIpc) is 3.03. The Kier molecular flexibility index (Phi) is 6.74. The molecule has 0 bridgehead atoms. The van der Waals surface area contributed by atoms with Gasteiger partial charge < -0.3 is 10.1 Å². The smallest absolute Gasteiger partial charge is 0.258 e. The van der Waals surface area contributed by atoms with E-state index in [1.807, 2.05) is 24.4 Å². The number of benzene rings is 1. The zero-order valence-corrected chi connectivity index (χ0v) is 15.2. The number of hydrogen-bond acceptors (Lipinski definition) is 5. The van der Waals surface area contributed by atoms with Crippen LogP contribution in [0.15, 0.2) is 36.5 Å². The maximum Gasteiger partial charge on any atom is 0.258 e. The van der Waals surface area contributed by atoms with Crippen LogP contribution in [0.4, 0.5) is 5.13 Å². The molecule has 2 aromatic rings. The summed E-state index contributed by atoms with van der Waals surface area (Å²) < 4.78 is 5.54. The lowest BCUT2D eigenvalue weighted by atomic mass is 9.91. The molecule has 0 aliphatic carbocycles. The van der Waals surface area contributed by atoms with Gasteiger partial charge in [0.05, 0.1) is 0 Å². The van der Waals surface area contributed by atoms with Gasteiger partial charge in [-0.25, -0.2) is 4.98 Å². The van der Waals surface area contributed by atoms with Gasteiger partial charge >= 0.3 is 0 Å². The third-order valence-corrected chi connectivity index (χ3v) is 5.12. The molecular formula is C17H22ClN3O2S. The van der Waals surface area contributed by atoms with E-state index in [1.54, 1.807) is 7.11 Å². The van der Waals surface area contributed by atoms with E-state index in [2.05, 4.69) is 27.8 Å². The van der Waals surface area contributed by atoms with Crippen LogP contribution in [0.5, 0.6) is 0 Å². The summed E-state index contributed by atoms with van der Waals surface area (Å²) in [5.74, 6) is -0.0953. The van der Waals surface area contributed by atoms with E-state index in [9.17, 15) is 4.79 Å². The van der Waals surface area contributed by atoms with Crippen molar-refractivity contribution < 1.29 is 9.53 Å². The number of carbonyl (C=O) groups excluding carboxylic acids is 1. The first-order valence-corrected chi connectivity index (χ1v) is 8.59. The van der Waals surface area contributed by atoms with Crippen molar-refractivity contribution in [3.8, 4) is 0 Å². The highest BCUT2D eigenvalue weighted by Gasteiger charge is 2.40. The van der Waals surface area contributed by atoms with Crippen molar-refractivity contribution in [3.63, 3.8) is 0 Å². The van der Waals surface area contributed by atoms with Crippen LogP contribution in [-0.4, -0.2) is 36.7 Å². The minimum atomic E-state index is -0.740. The number of rotatable bonds is 5. The van der Waals surface area contributed by atoms with Crippen molar-refractivity contribution in [1.82, 2.24) is 10.3 Å². The van der Waals surface area contributed by atoms with Gasteiger partial charge in [-0.1, -0.05) is 30.3 Å². The molecular weight excluding hydrogens is 346 g/mol. The molecule has 2 heterocycles. The zero-order chi connectivity index (χ0) is 16.1. The topological polar surface area (TPSA) is 63.2 Å². The van der Waals surface area contributed by atoms with Crippen LogP contribution < -0.4 is 10.6 Å². The number of halogens is 1. The number of nitrogens with one attached hydrogen (secondary N) is 2. The molecule has 7 heteroatoms. The summed E-state index contributed by atoms with van der Waals surface area (Å²) in [7, 11) is 1.60. The van der Waals surface area contributed by atoms with Gasteiger partial charge in [0.1, 0.15) is 5.60 Å². The summed E-state index contributed by atoms with van der Waals surface area (Å²) in [5.41, 5.74) is 0.497. The Hall–Kier alpha value is -1.47. The van der Waals surface area contributed by atoms with Gasteiger partial charge in [0.25, 0.3) is 5.91 Å². The number of thiazole rings is 1. The number of methoxy groups -OCH3 is 1. The molecule has 1 aromatic carbocycles. The van der Waals surface area contributed by atoms with Crippen LogP contribution in [0, 0.1) is 0 Å². The minimum absolute atomic E-state index is 0. The van der Waals surface area contributed by atoms with E-state index in [1.165, 1.54) is 16.9 Å². The molecule has 1 aliphatic rings. The van der Waals surface area contributed by atoms with Gasteiger partial charge in [-0.05, 0) is 31.5 Å². The lowest BCUT2D eigenvalue weighted by Gasteiger charge is -2.34. The number of hydrogen-bond donors (Lipinski definition) is 2. The van der Waals surface area contributed by atoms with E-state index in [0.717, 1.165) is 24.4 Å². The van der Waals surface area contributed by atoms with Gasteiger partial charge in [0.2, 0.25) is 0 Å². The fraction of sp³-hybridized carbons (Fsp3) is 0.412. The van der Waals surface area contributed by atoms with Crippen molar-refractivity contribution in [3.05, 3.63) is 47.0 Å². The largest absolute Gasteiger partial charge is 0.368 e. The van der Waals surface area contributed by atoms with Crippen molar-refractivity contribution in [2.75, 3.05) is 25.5 Å². The normalized spacial score (nSPS) is 16.2. The van der Waals surface area contributed by atoms with Crippen LogP contribution >= 0.6 is 23.7 Å². The molecule has 24 heavy (non-hydrogen) atoms. The Balaban J connectivity index is 0.00000208. The molecule has 5 nitrogen and oxygen atoms in total. The number of amides is 1. The van der Waals surface area contributed by atoms with Crippen LogP contribution in [-0.2, 0) is 16.0 Å². The number of anilines is 1. The maximum atomic E-state index is 12.6. The molecule has 1 saturated heterocycles. The summed E-state index contributed by atoms with van der Waals surface area (Å²) in [6.07, 6.45) is 4.01. The van der Waals surface area contributed by atoms with Gasteiger partial charge in [0.15, 0.2) is 5.13 Å². The number of aromatic nitrogens is 1. The first-order valence-electron chi connectivity index (χ1n) is 7.78. The molecule has 0 atom stereocenters. The predicted octanol–water partition coefficient (Wildman–Crippen LogP) is 2.86. The van der Waals surface area contributed by atoms with E-state index in [-0.39, 0.29) is 18.3 Å². The fourth-order valence-electron chi connectivity index (χ4n) is 2.81. The van der Waals surface area contributed by atoms with E-state index in [4.69, 9.17) is 4.74 Å². The summed E-state index contributed by atoms with van der Waals surface area (Å²) in [4.78, 5) is 18.0. The Morgan fingerprint density at radius 1 is 1.33 bits per heavy atom. The maximum absolute atomic E-state index is 12.6. The first kappa shape index (κ1) is 18.9. The van der Waals surface area contributed by atoms with Crippen LogP contribution in [0.2, 0.25) is 0 Å².